The van der Waals surface area contributed by atoms with Gasteiger partial charge < -0.3 is 15.2 Å². The molecule has 0 unspecified atom stereocenters. The van der Waals surface area contributed by atoms with Crippen LogP contribution in [0, 0.1) is 0 Å². The number of nitrogens with one attached hydrogen (secondary N) is 2. The molecular formula is C22H28N4O2S. The topological polar surface area (TPSA) is 78.1 Å². The summed E-state index contributed by atoms with van der Waals surface area (Å²) in [5.74, 6) is 0.0348. The van der Waals surface area contributed by atoms with Gasteiger partial charge in [-0.05, 0) is 25.3 Å². The van der Waals surface area contributed by atoms with Crippen molar-refractivity contribution in [2.24, 2.45) is 0 Å². The summed E-state index contributed by atoms with van der Waals surface area (Å²) in [6, 6.07) is 8.06. The van der Waals surface area contributed by atoms with E-state index < -0.39 is 0 Å². The Morgan fingerprint density at radius 2 is 1.90 bits per heavy atom. The second-order valence-electron chi connectivity index (χ2n) is 7.07. The molecule has 29 heavy (non-hydrogen) atoms. The molecule has 0 saturated heterocycles. The number of anilines is 1. The number of hydrogen-bond donors (Lipinski definition) is 2. The molecule has 2 N–H and O–H groups in total. The van der Waals surface area contributed by atoms with Crippen molar-refractivity contribution in [1.29, 1.82) is 0 Å². The zero-order valence-electron chi connectivity index (χ0n) is 17.0. The van der Waals surface area contributed by atoms with Crippen LogP contribution >= 0.6 is 11.3 Å². The van der Waals surface area contributed by atoms with Gasteiger partial charge in [-0.1, -0.05) is 32.0 Å². The van der Waals surface area contributed by atoms with E-state index in [0.717, 1.165) is 48.1 Å². The number of H-pyrrole nitrogens is 1. The molecule has 7 heteroatoms. The SMILES string of the molecule is CCCN(CCC)C(=O)CCCC(=O)Nc1nc(-c2c[nH]c3ccccc23)cs1. The van der Waals surface area contributed by atoms with Crippen LogP contribution in [0.1, 0.15) is 46.0 Å². The van der Waals surface area contributed by atoms with Crippen LogP contribution in [0.4, 0.5) is 5.13 Å². The molecule has 0 saturated carbocycles. The van der Waals surface area contributed by atoms with Crippen molar-refractivity contribution in [3.63, 3.8) is 0 Å². The van der Waals surface area contributed by atoms with Gasteiger partial charge in [0.2, 0.25) is 11.8 Å². The quantitative estimate of drug-likeness (QED) is 0.489. The Morgan fingerprint density at radius 1 is 1.14 bits per heavy atom. The zero-order valence-corrected chi connectivity index (χ0v) is 17.8. The average Bonchev–Trinajstić information content (AvgIpc) is 3.34. The number of aromatic nitrogens is 2. The number of nitrogens with zero attached hydrogens (tertiary/aromatic N) is 2. The number of aromatic amines is 1. The molecule has 3 rings (SSSR count). The molecule has 2 heterocycles. The van der Waals surface area contributed by atoms with Crippen LogP contribution in [-0.4, -0.2) is 39.8 Å². The van der Waals surface area contributed by atoms with Crippen LogP contribution in [0.2, 0.25) is 0 Å². The van der Waals surface area contributed by atoms with Crippen molar-refractivity contribution < 1.29 is 9.59 Å². The number of fused-ring (bicyclic) bond motifs is 1. The first-order valence-electron chi connectivity index (χ1n) is 10.2. The Morgan fingerprint density at radius 3 is 2.66 bits per heavy atom. The van der Waals surface area contributed by atoms with Crippen molar-refractivity contribution in [2.45, 2.75) is 46.0 Å². The number of amides is 2. The number of thiazole rings is 1. The molecule has 0 bridgehead atoms. The summed E-state index contributed by atoms with van der Waals surface area (Å²) in [6.07, 6.45) is 5.13. The van der Waals surface area contributed by atoms with E-state index in [1.54, 1.807) is 0 Å². The Labute approximate surface area is 175 Å². The first-order valence-corrected chi connectivity index (χ1v) is 11.1. The van der Waals surface area contributed by atoms with Crippen LogP contribution in [0.25, 0.3) is 22.2 Å². The van der Waals surface area contributed by atoms with Gasteiger partial charge in [0.1, 0.15) is 0 Å². The fraction of sp³-hybridized carbons (Fsp3) is 0.409. The number of rotatable bonds is 10. The summed E-state index contributed by atoms with van der Waals surface area (Å²) in [7, 11) is 0. The van der Waals surface area contributed by atoms with E-state index in [1.165, 1.54) is 11.3 Å². The van der Waals surface area contributed by atoms with Crippen LogP contribution in [0.5, 0.6) is 0 Å². The highest BCUT2D eigenvalue weighted by Crippen LogP contribution is 2.30. The largest absolute Gasteiger partial charge is 0.360 e. The number of hydrogen-bond acceptors (Lipinski definition) is 4. The van der Waals surface area contributed by atoms with Gasteiger partial charge in [0.25, 0.3) is 0 Å². The van der Waals surface area contributed by atoms with E-state index in [0.29, 0.717) is 24.4 Å². The maximum atomic E-state index is 12.3. The molecule has 2 aromatic heterocycles. The standard InChI is InChI=1S/C22H28N4O2S/c1-3-12-26(13-4-2)21(28)11-7-10-20(27)25-22-24-19(15-29-22)17-14-23-18-9-6-5-8-16(17)18/h5-6,8-9,14-15,23H,3-4,7,10-13H2,1-2H3,(H,24,25,27). The van der Waals surface area contributed by atoms with Gasteiger partial charge in [-0.2, -0.15) is 0 Å². The smallest absolute Gasteiger partial charge is 0.226 e. The van der Waals surface area contributed by atoms with Gasteiger partial charge in [0, 0.05) is 54.0 Å². The highest BCUT2D eigenvalue weighted by atomic mass is 32.1. The van der Waals surface area contributed by atoms with Crippen molar-refractivity contribution in [3.8, 4) is 11.3 Å². The molecule has 2 amide bonds. The molecule has 1 aromatic carbocycles. The molecule has 0 aliphatic carbocycles. The molecule has 3 aromatic rings. The molecule has 0 aliphatic heterocycles. The number of benzene rings is 1. The van der Waals surface area contributed by atoms with Crippen LogP contribution in [0.15, 0.2) is 35.8 Å². The van der Waals surface area contributed by atoms with Gasteiger partial charge in [-0.25, -0.2) is 4.98 Å². The minimum atomic E-state index is -0.102. The highest BCUT2D eigenvalue weighted by molar-refractivity contribution is 7.14. The van der Waals surface area contributed by atoms with Crippen LogP contribution in [-0.2, 0) is 9.59 Å². The maximum absolute atomic E-state index is 12.3. The Hall–Kier alpha value is -2.67. The van der Waals surface area contributed by atoms with E-state index in [1.807, 2.05) is 34.7 Å². The summed E-state index contributed by atoms with van der Waals surface area (Å²) < 4.78 is 0. The maximum Gasteiger partial charge on any atom is 0.226 e. The number of para-hydroxylation sites is 1. The van der Waals surface area contributed by atoms with Gasteiger partial charge >= 0.3 is 0 Å². The fourth-order valence-corrected chi connectivity index (χ4v) is 4.11. The lowest BCUT2D eigenvalue weighted by Crippen LogP contribution is -2.32. The monoisotopic (exact) mass is 412 g/mol. The van der Waals surface area contributed by atoms with E-state index >= 15 is 0 Å². The van der Waals surface area contributed by atoms with Gasteiger partial charge in [0.15, 0.2) is 5.13 Å². The number of carbonyl (C=O) groups excluding carboxylic acids is 2. The average molecular weight is 413 g/mol. The third-order valence-corrected chi connectivity index (χ3v) is 5.51. The van der Waals surface area contributed by atoms with Crippen molar-refractivity contribution >= 4 is 39.2 Å². The molecule has 0 radical (unpaired) electrons. The zero-order chi connectivity index (χ0) is 20.6. The first-order chi connectivity index (χ1) is 14.1. The van der Waals surface area contributed by atoms with E-state index in [2.05, 4.69) is 35.2 Å². The molecule has 0 spiro atoms. The summed E-state index contributed by atoms with van der Waals surface area (Å²) in [6.45, 7) is 5.72. The number of carbonyl (C=O) groups is 2. The predicted molar refractivity (Wildman–Crippen MR) is 119 cm³/mol. The normalized spacial score (nSPS) is 11.0. The van der Waals surface area contributed by atoms with Crippen molar-refractivity contribution in [3.05, 3.63) is 35.8 Å². The van der Waals surface area contributed by atoms with Gasteiger partial charge in [0.05, 0.1) is 5.69 Å². The third kappa shape index (κ3) is 5.44. The fourth-order valence-electron chi connectivity index (χ4n) is 3.38. The van der Waals surface area contributed by atoms with Crippen LogP contribution < -0.4 is 5.32 Å². The minimum Gasteiger partial charge on any atom is -0.360 e. The second kappa shape index (κ2) is 10.2. The molecule has 154 valence electrons. The lowest BCUT2D eigenvalue weighted by molar-refractivity contribution is -0.131. The molecule has 0 aliphatic rings. The second-order valence-corrected chi connectivity index (χ2v) is 7.93. The van der Waals surface area contributed by atoms with E-state index in [9.17, 15) is 9.59 Å². The van der Waals surface area contributed by atoms with Gasteiger partial charge in [-0.15, -0.1) is 11.3 Å². The lowest BCUT2D eigenvalue weighted by Gasteiger charge is -2.21. The lowest BCUT2D eigenvalue weighted by atomic mass is 10.1. The van der Waals surface area contributed by atoms with Crippen molar-refractivity contribution in [2.75, 3.05) is 18.4 Å². The van der Waals surface area contributed by atoms with Crippen LogP contribution in [0.3, 0.4) is 0 Å². The van der Waals surface area contributed by atoms with E-state index in [4.69, 9.17) is 0 Å². The molecule has 0 atom stereocenters. The predicted octanol–water partition coefficient (Wildman–Crippen LogP) is 5.05. The minimum absolute atomic E-state index is 0.102. The summed E-state index contributed by atoms with van der Waals surface area (Å²) in [4.78, 5) is 34.2. The van der Waals surface area contributed by atoms with Gasteiger partial charge in [-0.3, -0.25) is 9.59 Å². The third-order valence-electron chi connectivity index (χ3n) is 4.75. The highest BCUT2D eigenvalue weighted by Gasteiger charge is 2.14. The Kier molecular flexibility index (Phi) is 7.41. The van der Waals surface area contributed by atoms with E-state index in [-0.39, 0.29) is 11.8 Å². The summed E-state index contributed by atoms with van der Waals surface area (Å²) in [5, 5.41) is 6.50. The summed E-state index contributed by atoms with van der Waals surface area (Å²) >= 11 is 1.41. The Bertz CT molecular complexity index is 957. The first kappa shape index (κ1) is 21.0. The van der Waals surface area contributed by atoms with Crippen molar-refractivity contribution in [1.82, 2.24) is 14.9 Å². The molecule has 0 fully saturated rings. The summed E-state index contributed by atoms with van der Waals surface area (Å²) in [5.41, 5.74) is 2.92. The molecule has 6 nitrogen and oxygen atoms in total. The Balaban J connectivity index is 1.51. The molecular weight excluding hydrogens is 384 g/mol.